The zero-order valence-electron chi connectivity index (χ0n) is 21.3. The molecule has 1 aliphatic carbocycles. The third-order valence-corrected chi connectivity index (χ3v) is 7.43. The van der Waals surface area contributed by atoms with Crippen LogP contribution in [0, 0.1) is 0 Å². The molecule has 4 N–H and O–H groups in total. The van der Waals surface area contributed by atoms with E-state index >= 15 is 0 Å². The summed E-state index contributed by atoms with van der Waals surface area (Å²) >= 11 is 0. The largest absolute Gasteiger partial charge is 0.492 e. The molecule has 10 nitrogen and oxygen atoms in total. The maximum Gasteiger partial charge on any atom is 0.255 e. The Kier molecular flexibility index (Phi) is 8.33. The summed E-state index contributed by atoms with van der Waals surface area (Å²) in [5.41, 5.74) is 2.59. The first kappa shape index (κ1) is 26.3. The minimum Gasteiger partial charge on any atom is -0.492 e. The minimum absolute atomic E-state index is 0.212. The zero-order chi connectivity index (χ0) is 26.5. The first-order chi connectivity index (χ1) is 18.5. The van der Waals surface area contributed by atoms with Crippen molar-refractivity contribution in [2.45, 2.75) is 56.5 Å². The molecule has 1 aromatic heterocycles. The molecular formula is C28H35N5O5. The molecule has 5 rings (SSSR count). The number of hydrogen-bond donors (Lipinski definition) is 4. The van der Waals surface area contributed by atoms with Crippen molar-refractivity contribution < 1.29 is 24.9 Å². The van der Waals surface area contributed by atoms with Gasteiger partial charge in [0.15, 0.2) is 0 Å². The van der Waals surface area contributed by atoms with Gasteiger partial charge in [0.2, 0.25) is 0 Å². The molecule has 38 heavy (non-hydrogen) atoms. The summed E-state index contributed by atoms with van der Waals surface area (Å²) in [5, 5.41) is 41.2. The average Bonchev–Trinajstić information content (AvgIpc) is 3.43. The highest BCUT2D eigenvalue weighted by Gasteiger charge is 2.38. The maximum atomic E-state index is 12.7. The number of piperidine rings is 1. The quantitative estimate of drug-likeness (QED) is 0.355. The van der Waals surface area contributed by atoms with Crippen LogP contribution < -0.4 is 10.1 Å². The van der Waals surface area contributed by atoms with Crippen LogP contribution in [0.3, 0.4) is 0 Å². The molecular weight excluding hydrogens is 486 g/mol. The summed E-state index contributed by atoms with van der Waals surface area (Å²) in [7, 11) is 0. The van der Waals surface area contributed by atoms with Gasteiger partial charge in [0.1, 0.15) is 30.3 Å². The molecule has 2 heterocycles. The molecule has 10 heteroatoms. The van der Waals surface area contributed by atoms with Crippen LogP contribution in [-0.2, 0) is 0 Å². The Hall–Kier alpha value is -3.31. The van der Waals surface area contributed by atoms with E-state index in [1.165, 1.54) is 23.9 Å². The molecule has 1 amide bonds. The number of hydrogen-bond acceptors (Lipinski definition) is 8. The van der Waals surface area contributed by atoms with Gasteiger partial charge in [-0.1, -0.05) is 23.8 Å². The molecule has 0 spiro atoms. The van der Waals surface area contributed by atoms with Gasteiger partial charge in [0, 0.05) is 23.4 Å². The normalized spacial score (nSPS) is 24.2. The van der Waals surface area contributed by atoms with Crippen molar-refractivity contribution in [1.29, 1.82) is 0 Å². The Morgan fingerprint density at radius 3 is 2.42 bits per heavy atom. The Labute approximate surface area is 221 Å². The summed E-state index contributed by atoms with van der Waals surface area (Å²) in [5.74, 6) is 0.540. The SMILES string of the molecule is O=C(Nc1ccc(-c2cn([C@@H]3CC[C@@H](O)[C@H](O)[C@H]3O)nn2)cc1)c1ccc(OCCN2CCCCC2)cc1. The first-order valence-electron chi connectivity index (χ1n) is 13.3. The molecule has 0 unspecified atom stereocenters. The van der Waals surface area contributed by atoms with Crippen molar-refractivity contribution in [3.05, 3.63) is 60.3 Å². The Bertz CT molecular complexity index is 1190. The number of aliphatic hydroxyl groups excluding tert-OH is 3. The predicted molar refractivity (Wildman–Crippen MR) is 142 cm³/mol. The van der Waals surface area contributed by atoms with Gasteiger partial charge in [-0.25, -0.2) is 4.68 Å². The Morgan fingerprint density at radius 1 is 0.947 bits per heavy atom. The van der Waals surface area contributed by atoms with Gasteiger partial charge in [-0.2, -0.15) is 0 Å². The summed E-state index contributed by atoms with van der Waals surface area (Å²) in [6, 6.07) is 13.9. The van der Waals surface area contributed by atoms with Crippen LogP contribution in [0.2, 0.25) is 0 Å². The highest BCUT2D eigenvalue weighted by molar-refractivity contribution is 6.04. The van der Waals surface area contributed by atoms with Crippen LogP contribution in [-0.4, -0.2) is 85.7 Å². The summed E-state index contributed by atoms with van der Waals surface area (Å²) in [6.07, 6.45) is 3.15. The van der Waals surface area contributed by atoms with E-state index in [0.29, 0.717) is 36.4 Å². The van der Waals surface area contributed by atoms with Crippen molar-refractivity contribution in [3.63, 3.8) is 0 Å². The second kappa shape index (κ2) is 12.0. The number of aromatic nitrogens is 3. The Balaban J connectivity index is 1.13. The lowest BCUT2D eigenvalue weighted by Gasteiger charge is -2.34. The summed E-state index contributed by atoms with van der Waals surface area (Å²) < 4.78 is 7.38. The fraction of sp³-hybridized carbons (Fsp3) is 0.464. The van der Waals surface area contributed by atoms with E-state index < -0.39 is 24.4 Å². The molecule has 0 bridgehead atoms. The monoisotopic (exact) mass is 521 g/mol. The molecule has 3 aromatic rings. The predicted octanol–water partition coefficient (Wildman–Crippen LogP) is 2.48. The first-order valence-corrected chi connectivity index (χ1v) is 13.3. The number of rotatable bonds is 8. The van der Waals surface area contributed by atoms with Gasteiger partial charge in [-0.15, -0.1) is 5.10 Å². The number of aliphatic hydroxyl groups is 3. The number of carbonyl (C=O) groups excluding carboxylic acids is 1. The van der Waals surface area contributed by atoms with Crippen molar-refractivity contribution in [3.8, 4) is 17.0 Å². The molecule has 1 saturated heterocycles. The molecule has 2 aromatic carbocycles. The third kappa shape index (κ3) is 6.21. The van der Waals surface area contributed by atoms with E-state index in [2.05, 4.69) is 20.5 Å². The van der Waals surface area contributed by atoms with Crippen LogP contribution in [0.15, 0.2) is 54.7 Å². The van der Waals surface area contributed by atoms with E-state index in [-0.39, 0.29) is 5.91 Å². The van der Waals surface area contributed by atoms with Crippen LogP contribution in [0.4, 0.5) is 5.69 Å². The molecule has 202 valence electrons. The van der Waals surface area contributed by atoms with E-state index in [1.807, 2.05) is 24.3 Å². The summed E-state index contributed by atoms with van der Waals surface area (Å²) in [6.45, 7) is 3.85. The van der Waals surface area contributed by atoms with Crippen molar-refractivity contribution in [2.75, 3.05) is 31.6 Å². The van der Waals surface area contributed by atoms with E-state index in [4.69, 9.17) is 4.74 Å². The number of anilines is 1. The van der Waals surface area contributed by atoms with Crippen LogP contribution in [0.25, 0.3) is 11.3 Å². The summed E-state index contributed by atoms with van der Waals surface area (Å²) in [4.78, 5) is 15.1. The van der Waals surface area contributed by atoms with Gasteiger partial charge < -0.3 is 25.4 Å². The van der Waals surface area contributed by atoms with Crippen molar-refractivity contribution in [2.24, 2.45) is 0 Å². The molecule has 1 aliphatic heterocycles. The highest BCUT2D eigenvalue weighted by atomic mass is 16.5. The van der Waals surface area contributed by atoms with E-state index in [0.717, 1.165) is 30.9 Å². The van der Waals surface area contributed by atoms with Gasteiger partial charge in [-0.05, 0) is 75.2 Å². The second-order valence-electron chi connectivity index (χ2n) is 10.1. The smallest absolute Gasteiger partial charge is 0.255 e. The lowest BCUT2D eigenvalue weighted by Crippen LogP contribution is -2.47. The van der Waals surface area contributed by atoms with Crippen LogP contribution in [0.1, 0.15) is 48.5 Å². The maximum absolute atomic E-state index is 12.7. The van der Waals surface area contributed by atoms with Crippen molar-refractivity contribution in [1.82, 2.24) is 19.9 Å². The van der Waals surface area contributed by atoms with Crippen LogP contribution >= 0.6 is 0 Å². The van der Waals surface area contributed by atoms with E-state index in [1.54, 1.807) is 30.5 Å². The van der Waals surface area contributed by atoms with E-state index in [9.17, 15) is 20.1 Å². The number of likely N-dealkylation sites (tertiary alicyclic amines) is 1. The standard InChI is InChI=1S/C28H35N5O5/c34-25-13-12-24(26(35)27(25)36)33-18-23(30-31-33)19-4-8-21(9-5-19)29-28(37)20-6-10-22(11-7-20)38-17-16-32-14-2-1-3-15-32/h4-11,18,24-27,34-36H,1-3,12-17H2,(H,29,37)/t24-,25-,26+,27+/m1/s1. The number of ether oxygens (including phenoxy) is 1. The van der Waals surface area contributed by atoms with Gasteiger partial charge in [0.25, 0.3) is 5.91 Å². The average molecular weight is 522 g/mol. The van der Waals surface area contributed by atoms with Crippen molar-refractivity contribution >= 4 is 11.6 Å². The lowest BCUT2D eigenvalue weighted by atomic mass is 9.88. The molecule has 2 aliphatic rings. The lowest BCUT2D eigenvalue weighted by molar-refractivity contribution is -0.108. The number of carbonyl (C=O) groups is 1. The molecule has 1 saturated carbocycles. The fourth-order valence-corrected chi connectivity index (χ4v) is 5.10. The molecule has 4 atom stereocenters. The number of benzene rings is 2. The van der Waals surface area contributed by atoms with Gasteiger partial charge in [-0.3, -0.25) is 9.69 Å². The Morgan fingerprint density at radius 2 is 1.68 bits per heavy atom. The topological polar surface area (TPSA) is 133 Å². The fourth-order valence-electron chi connectivity index (χ4n) is 5.10. The second-order valence-corrected chi connectivity index (χ2v) is 10.1. The third-order valence-electron chi connectivity index (χ3n) is 7.43. The highest BCUT2D eigenvalue weighted by Crippen LogP contribution is 2.30. The van der Waals surface area contributed by atoms with Crippen LogP contribution in [0.5, 0.6) is 5.75 Å². The number of nitrogens with one attached hydrogen (secondary N) is 1. The number of nitrogens with zero attached hydrogens (tertiary/aromatic N) is 4. The minimum atomic E-state index is -1.21. The molecule has 0 radical (unpaired) electrons. The number of amides is 1. The zero-order valence-corrected chi connectivity index (χ0v) is 21.3. The molecule has 2 fully saturated rings. The van der Waals surface area contributed by atoms with Gasteiger partial charge in [0.05, 0.1) is 18.3 Å². The van der Waals surface area contributed by atoms with Gasteiger partial charge >= 0.3 is 0 Å².